The van der Waals surface area contributed by atoms with Crippen LogP contribution in [0.2, 0.25) is 0 Å². The van der Waals surface area contributed by atoms with Gasteiger partial charge in [-0.3, -0.25) is 0 Å². The second-order valence-electron chi connectivity index (χ2n) is 7.80. The lowest BCUT2D eigenvalue weighted by Crippen LogP contribution is -2.33. The highest BCUT2D eigenvalue weighted by molar-refractivity contribution is 5.77. The molecule has 0 aromatic heterocycles. The van der Waals surface area contributed by atoms with Gasteiger partial charge in [0.05, 0.1) is 12.7 Å². The van der Waals surface area contributed by atoms with Gasteiger partial charge in [-0.2, -0.15) is 0 Å². The van der Waals surface area contributed by atoms with E-state index in [1.165, 1.54) is 0 Å². The van der Waals surface area contributed by atoms with Crippen molar-refractivity contribution >= 4 is 17.2 Å². The van der Waals surface area contributed by atoms with Gasteiger partial charge in [-0.05, 0) is 45.4 Å². The van der Waals surface area contributed by atoms with Crippen molar-refractivity contribution in [2.75, 3.05) is 31.2 Å². The number of hydrogen-bond acceptors (Lipinski definition) is 6. The van der Waals surface area contributed by atoms with E-state index in [4.69, 9.17) is 9.47 Å². The molecule has 0 heterocycles. The number of carbonyl (C=O) groups is 1. The monoisotopic (exact) mass is 377 g/mol. The van der Waals surface area contributed by atoms with E-state index in [0.29, 0.717) is 18.7 Å². The van der Waals surface area contributed by atoms with Crippen LogP contribution >= 0.6 is 0 Å². The van der Waals surface area contributed by atoms with Crippen LogP contribution in [0.1, 0.15) is 40.2 Å². The van der Waals surface area contributed by atoms with Gasteiger partial charge < -0.3 is 24.6 Å². The number of nitrogens with zero attached hydrogens (tertiary/aromatic N) is 1. The first-order valence-corrected chi connectivity index (χ1v) is 9.40. The highest BCUT2D eigenvalue weighted by Crippen LogP contribution is 2.40. The number of benzene rings is 1. The molecule has 1 aromatic carbocycles. The highest BCUT2D eigenvalue weighted by atomic mass is 16.6. The van der Waals surface area contributed by atoms with Gasteiger partial charge in [-0.15, -0.1) is 0 Å². The number of aliphatic hydroxyl groups is 2. The van der Waals surface area contributed by atoms with E-state index in [2.05, 4.69) is 4.90 Å². The van der Waals surface area contributed by atoms with Crippen molar-refractivity contribution in [1.29, 1.82) is 0 Å². The Kier molecular flexibility index (Phi) is 6.89. The summed E-state index contributed by atoms with van der Waals surface area (Å²) in [5.41, 5.74) is 1.95. The van der Waals surface area contributed by atoms with Crippen LogP contribution in [0.15, 0.2) is 30.0 Å². The lowest BCUT2D eigenvalue weighted by Gasteiger charge is -2.33. The van der Waals surface area contributed by atoms with Gasteiger partial charge in [0.25, 0.3) is 0 Å². The number of rotatable bonds is 8. The Hall–Kier alpha value is -2.05. The summed E-state index contributed by atoms with van der Waals surface area (Å²) in [6.07, 6.45) is -0.612. The quantitative estimate of drug-likeness (QED) is 0.535. The number of carbonyl (C=O) groups excluding carboxylic acids is 1. The van der Waals surface area contributed by atoms with E-state index < -0.39 is 11.7 Å². The van der Waals surface area contributed by atoms with Crippen molar-refractivity contribution in [3.8, 4) is 0 Å². The fraction of sp³-hybridized carbons (Fsp3) is 0.571. The zero-order valence-corrected chi connectivity index (χ0v) is 16.9. The summed E-state index contributed by atoms with van der Waals surface area (Å²) in [5, 5.41) is 19.9. The van der Waals surface area contributed by atoms with E-state index >= 15 is 0 Å². The van der Waals surface area contributed by atoms with E-state index in [9.17, 15) is 15.0 Å². The molecule has 2 unspecified atom stereocenters. The Labute approximate surface area is 161 Å². The molecule has 2 N–H and O–H groups in total. The van der Waals surface area contributed by atoms with Gasteiger partial charge in [0.1, 0.15) is 18.0 Å². The zero-order chi connectivity index (χ0) is 20.2. The van der Waals surface area contributed by atoms with Crippen molar-refractivity contribution in [2.45, 2.75) is 46.3 Å². The van der Waals surface area contributed by atoms with E-state index in [-0.39, 0.29) is 24.3 Å². The van der Waals surface area contributed by atoms with Crippen LogP contribution in [0.5, 0.6) is 0 Å². The summed E-state index contributed by atoms with van der Waals surface area (Å²) in [7, 11) is 0. The molecule has 1 aliphatic rings. The summed E-state index contributed by atoms with van der Waals surface area (Å²) < 4.78 is 10.6. The van der Waals surface area contributed by atoms with Crippen LogP contribution in [0.25, 0.3) is 5.57 Å². The van der Waals surface area contributed by atoms with Crippen molar-refractivity contribution in [3.05, 3.63) is 35.6 Å². The smallest absolute Gasteiger partial charge is 0.332 e. The number of anilines is 1. The van der Waals surface area contributed by atoms with Crippen molar-refractivity contribution in [1.82, 2.24) is 0 Å². The molecule has 0 fully saturated rings. The number of likely N-dealkylation sites (N-methyl/N-ethyl adjacent to an activating group) is 1. The molecule has 0 amide bonds. The molecular weight excluding hydrogens is 346 g/mol. The first-order valence-electron chi connectivity index (χ1n) is 9.40. The fourth-order valence-corrected chi connectivity index (χ4v) is 3.04. The molecule has 0 bridgehead atoms. The number of esters is 1. The molecule has 0 spiro atoms. The van der Waals surface area contributed by atoms with Gasteiger partial charge in [0.15, 0.2) is 0 Å². The molecule has 0 aliphatic heterocycles. The first kappa shape index (κ1) is 21.3. The minimum Gasteiger partial charge on any atom is -0.512 e. The summed E-state index contributed by atoms with van der Waals surface area (Å²) in [6, 6.07) is 7.73. The summed E-state index contributed by atoms with van der Waals surface area (Å²) in [4.78, 5) is 13.8. The maximum Gasteiger partial charge on any atom is 0.332 e. The third-order valence-corrected chi connectivity index (χ3v) is 4.55. The van der Waals surface area contributed by atoms with Crippen molar-refractivity contribution in [2.24, 2.45) is 5.92 Å². The first-order chi connectivity index (χ1) is 12.6. The molecule has 2 atom stereocenters. The summed E-state index contributed by atoms with van der Waals surface area (Å²) in [5.74, 6) is -0.302. The van der Waals surface area contributed by atoms with Crippen LogP contribution in [0, 0.1) is 5.92 Å². The Morgan fingerprint density at radius 3 is 2.37 bits per heavy atom. The Balaban J connectivity index is 1.86. The van der Waals surface area contributed by atoms with Crippen LogP contribution < -0.4 is 4.90 Å². The normalized spacial score (nSPS) is 19.6. The molecule has 0 radical (unpaired) electrons. The van der Waals surface area contributed by atoms with Crippen molar-refractivity contribution in [3.63, 3.8) is 0 Å². The Bertz CT molecular complexity index is 675. The molecule has 6 heteroatoms. The molecular formula is C21H31NO5. The van der Waals surface area contributed by atoms with Crippen LogP contribution in [-0.2, 0) is 14.3 Å². The molecule has 1 aromatic rings. The molecule has 0 saturated heterocycles. The topological polar surface area (TPSA) is 79.2 Å². The summed E-state index contributed by atoms with van der Waals surface area (Å²) >= 11 is 0. The van der Waals surface area contributed by atoms with E-state index in [0.717, 1.165) is 17.8 Å². The SMILES string of the molecule is CCN(CCOCC(=O)OC(C)(C)C)c1ccc(C2=C(O)C(C)C2O)cc1. The maximum atomic E-state index is 11.6. The summed E-state index contributed by atoms with van der Waals surface area (Å²) in [6.45, 7) is 11.1. The largest absolute Gasteiger partial charge is 0.512 e. The second-order valence-corrected chi connectivity index (χ2v) is 7.80. The van der Waals surface area contributed by atoms with Crippen molar-refractivity contribution < 1.29 is 24.5 Å². The third-order valence-electron chi connectivity index (χ3n) is 4.55. The predicted molar refractivity (Wildman–Crippen MR) is 106 cm³/mol. The zero-order valence-electron chi connectivity index (χ0n) is 16.9. The lowest BCUT2D eigenvalue weighted by atomic mass is 9.78. The molecule has 27 heavy (non-hydrogen) atoms. The number of hydrogen-bond donors (Lipinski definition) is 2. The van der Waals surface area contributed by atoms with Crippen LogP contribution in [0.3, 0.4) is 0 Å². The highest BCUT2D eigenvalue weighted by Gasteiger charge is 2.36. The number of ether oxygens (including phenoxy) is 2. The lowest BCUT2D eigenvalue weighted by molar-refractivity contribution is -0.160. The average molecular weight is 377 g/mol. The maximum absolute atomic E-state index is 11.6. The predicted octanol–water partition coefficient (Wildman–Crippen LogP) is 3.15. The molecule has 2 rings (SSSR count). The van der Waals surface area contributed by atoms with Gasteiger partial charge in [-0.25, -0.2) is 4.79 Å². The minimum atomic E-state index is -0.612. The number of aliphatic hydroxyl groups excluding tert-OH is 2. The van der Waals surface area contributed by atoms with Gasteiger partial charge in [-0.1, -0.05) is 19.1 Å². The molecule has 1 aliphatic carbocycles. The van der Waals surface area contributed by atoms with Gasteiger partial charge in [0, 0.05) is 30.3 Å². The fourth-order valence-electron chi connectivity index (χ4n) is 3.04. The second kappa shape index (κ2) is 8.76. The Morgan fingerprint density at radius 2 is 1.85 bits per heavy atom. The third kappa shape index (κ3) is 5.47. The van der Waals surface area contributed by atoms with Crippen LogP contribution in [-0.4, -0.2) is 54.2 Å². The molecule has 150 valence electrons. The molecule has 0 saturated carbocycles. The average Bonchev–Trinajstić information content (AvgIpc) is 2.61. The van der Waals surface area contributed by atoms with Crippen LogP contribution in [0.4, 0.5) is 5.69 Å². The minimum absolute atomic E-state index is 0.0583. The van der Waals surface area contributed by atoms with Gasteiger partial charge in [0.2, 0.25) is 0 Å². The molecule has 6 nitrogen and oxygen atoms in total. The van der Waals surface area contributed by atoms with E-state index in [1.54, 1.807) is 6.92 Å². The standard InChI is InChI=1S/C21H31NO5/c1-6-22(11-12-26-13-17(23)27-21(3,4)5)16-9-7-15(8-10-16)18-19(24)14(2)20(18)25/h7-10,14,19,24-25H,6,11-13H2,1-5H3. The van der Waals surface area contributed by atoms with Gasteiger partial charge >= 0.3 is 5.97 Å². The van der Waals surface area contributed by atoms with E-state index in [1.807, 2.05) is 52.0 Å². The Morgan fingerprint density at radius 1 is 1.22 bits per heavy atom.